The molecule has 4 aliphatic heterocycles. The maximum atomic E-state index is 16.8. The fraction of sp³-hybridized carbons (Fsp3) is 0.447. The monoisotopic (exact) mass is 718 g/mol. The summed E-state index contributed by atoms with van der Waals surface area (Å²) in [6.45, 7) is 2.45. The number of hydrogen-bond donors (Lipinski definition) is 0. The number of pyridine rings is 1. The van der Waals surface area contributed by atoms with Crippen molar-refractivity contribution >= 4 is 51.2 Å². The number of carbonyl (C=O) groups excluding carboxylic acids is 1. The number of halogens is 4. The minimum absolute atomic E-state index is 0.0222. The Kier molecular flexibility index (Phi) is 8.96. The minimum atomic E-state index is -1.30. The second-order valence-electron chi connectivity index (χ2n) is 14.4. The topological polar surface area (TPSA) is 77.7 Å². The number of benzene rings is 2. The number of hydrogen-bond acceptors (Lipinski definition) is 7. The van der Waals surface area contributed by atoms with E-state index < -0.39 is 29.6 Å². The lowest BCUT2D eigenvalue weighted by atomic mass is 9.95. The van der Waals surface area contributed by atoms with Gasteiger partial charge in [-0.3, -0.25) is 19.6 Å². The molecule has 2 aromatic heterocycles. The van der Waals surface area contributed by atoms with Crippen molar-refractivity contribution in [3.8, 4) is 17.3 Å². The van der Waals surface area contributed by atoms with Crippen LogP contribution >= 0.6 is 11.6 Å². The van der Waals surface area contributed by atoms with Crippen LogP contribution in [0.3, 0.4) is 0 Å². The van der Waals surface area contributed by atoms with E-state index in [0.717, 1.165) is 37.7 Å². The molecule has 6 heterocycles. The molecule has 0 bridgehead atoms. The van der Waals surface area contributed by atoms with Crippen molar-refractivity contribution in [2.24, 2.45) is 5.92 Å². The van der Waals surface area contributed by atoms with Crippen molar-refractivity contribution in [2.45, 2.75) is 49.6 Å². The number of carbonyl (C=O) groups is 1. The Hall–Kier alpha value is -4.13. The number of rotatable bonds is 8. The first kappa shape index (κ1) is 34.0. The summed E-state index contributed by atoms with van der Waals surface area (Å²) in [5.74, 6) is -1.27. The lowest BCUT2D eigenvalue weighted by molar-refractivity contribution is -0.405. The number of nitrogens with zero attached hydrogens (tertiary/aromatic N) is 7. The van der Waals surface area contributed by atoms with E-state index >= 15 is 8.78 Å². The number of fused-ring (bicyclic) bond motifs is 3. The van der Waals surface area contributed by atoms with E-state index in [0.29, 0.717) is 34.3 Å². The fourth-order valence-corrected chi connectivity index (χ4v) is 8.51. The standard InChI is InChI=1S/C38H40ClF3N7O2/c1-46-15-12-26(46)10-11-31(50)48-19-24(30(41)21-48)18-47(2)36-28-17-43-34(27-8-3-6-23-7-4-9-29(39)32(23)27)33(42)35(28)44-37(45-36)51-22-38-13-5-14-49(38)20-25(40)16-38/h3-4,6-11,17-18,24-26,30H,5,12-16,19-22H2,1-2H3/q+1/b11-10+,47-18?/t24?,25-,26-,30-,38+/m1/s1. The van der Waals surface area contributed by atoms with Crippen molar-refractivity contribution < 1.29 is 27.3 Å². The van der Waals surface area contributed by atoms with E-state index in [1.165, 1.54) is 17.2 Å². The molecule has 13 heteroatoms. The van der Waals surface area contributed by atoms with E-state index in [1.807, 2.05) is 37.4 Å². The Balaban J connectivity index is 1.16. The van der Waals surface area contributed by atoms with Crippen molar-refractivity contribution in [2.75, 3.05) is 53.4 Å². The van der Waals surface area contributed by atoms with Crippen LogP contribution in [0.1, 0.15) is 25.7 Å². The summed E-state index contributed by atoms with van der Waals surface area (Å²) in [4.78, 5) is 32.5. The van der Waals surface area contributed by atoms with Crippen molar-refractivity contribution in [3.63, 3.8) is 0 Å². The Labute approximate surface area is 299 Å². The molecule has 0 N–H and O–H groups in total. The van der Waals surface area contributed by atoms with Gasteiger partial charge in [0.25, 0.3) is 0 Å². The third-order valence-electron chi connectivity index (χ3n) is 11.1. The van der Waals surface area contributed by atoms with Gasteiger partial charge < -0.3 is 9.64 Å². The van der Waals surface area contributed by atoms with Crippen LogP contribution in [0.25, 0.3) is 32.9 Å². The first-order valence-corrected chi connectivity index (χ1v) is 17.9. The highest BCUT2D eigenvalue weighted by atomic mass is 35.5. The summed E-state index contributed by atoms with van der Waals surface area (Å²) in [6.07, 6.45) is 7.42. The second kappa shape index (κ2) is 13.4. The van der Waals surface area contributed by atoms with Gasteiger partial charge in [0.2, 0.25) is 5.91 Å². The molecule has 4 saturated heterocycles. The average Bonchev–Trinajstić information content (AvgIpc) is 3.77. The quantitative estimate of drug-likeness (QED) is 0.126. The number of likely N-dealkylation sites (N-methyl/N-ethyl adjacent to an activating group) is 1. The molecule has 9 nitrogen and oxygen atoms in total. The van der Waals surface area contributed by atoms with Crippen molar-refractivity contribution in [1.82, 2.24) is 29.7 Å². The van der Waals surface area contributed by atoms with Gasteiger partial charge in [0.05, 0.1) is 31.3 Å². The van der Waals surface area contributed by atoms with Gasteiger partial charge >= 0.3 is 11.8 Å². The summed E-state index contributed by atoms with van der Waals surface area (Å²) in [6, 6.07) is 11.1. The van der Waals surface area contributed by atoms with E-state index in [1.54, 1.807) is 30.0 Å². The third kappa shape index (κ3) is 6.25. The normalized spacial score (nSPS) is 27.2. The second-order valence-corrected chi connectivity index (χ2v) is 14.8. The molecule has 2 aromatic carbocycles. The molecule has 51 heavy (non-hydrogen) atoms. The fourth-order valence-electron chi connectivity index (χ4n) is 8.23. The lowest BCUT2D eigenvalue weighted by Crippen LogP contribution is -2.43. The smallest absolute Gasteiger partial charge is 0.434 e. The van der Waals surface area contributed by atoms with Crippen molar-refractivity contribution in [3.05, 3.63) is 65.6 Å². The molecule has 4 aromatic rings. The molecule has 0 saturated carbocycles. The van der Waals surface area contributed by atoms with Crippen molar-refractivity contribution in [1.29, 1.82) is 0 Å². The zero-order valence-electron chi connectivity index (χ0n) is 28.6. The molecule has 0 radical (unpaired) electrons. The Morgan fingerprint density at radius 1 is 1.14 bits per heavy atom. The number of likely N-dealkylation sites (tertiary alicyclic amines) is 2. The number of alkyl halides is 2. The molecule has 1 amide bonds. The largest absolute Gasteiger partial charge is 0.443 e. The molecule has 266 valence electrons. The van der Waals surface area contributed by atoms with Gasteiger partial charge in [0, 0.05) is 65.3 Å². The molecule has 4 fully saturated rings. The highest BCUT2D eigenvalue weighted by Crippen LogP contribution is 2.41. The highest BCUT2D eigenvalue weighted by molar-refractivity contribution is 6.36. The summed E-state index contributed by atoms with van der Waals surface area (Å²) in [5.41, 5.74) is 0.0805. The minimum Gasteiger partial charge on any atom is -0.443 e. The van der Waals surface area contributed by atoms with Crippen LogP contribution in [-0.4, -0.2) is 124 Å². The van der Waals surface area contributed by atoms with Crippen LogP contribution in [0.2, 0.25) is 5.02 Å². The number of aromatic nitrogens is 3. The maximum Gasteiger partial charge on any atom is 0.434 e. The van der Waals surface area contributed by atoms with Crippen LogP contribution in [0, 0.1) is 11.7 Å². The Bertz CT molecular complexity index is 2080. The summed E-state index contributed by atoms with van der Waals surface area (Å²) in [5, 5.41) is 2.26. The van der Waals surface area contributed by atoms with Crippen LogP contribution < -0.4 is 4.74 Å². The first-order valence-electron chi connectivity index (χ1n) is 17.6. The van der Waals surface area contributed by atoms with Gasteiger partial charge in [0.1, 0.15) is 35.5 Å². The van der Waals surface area contributed by atoms with Gasteiger partial charge in [-0.05, 0) is 44.3 Å². The van der Waals surface area contributed by atoms with Gasteiger partial charge in [-0.1, -0.05) is 48.0 Å². The molecule has 0 spiro atoms. The molecule has 4 aliphatic rings. The number of amides is 1. The van der Waals surface area contributed by atoms with Gasteiger partial charge in [-0.2, -0.15) is 4.98 Å². The predicted molar refractivity (Wildman–Crippen MR) is 191 cm³/mol. The maximum absolute atomic E-state index is 16.8. The van der Waals surface area contributed by atoms with E-state index in [4.69, 9.17) is 21.3 Å². The summed E-state index contributed by atoms with van der Waals surface area (Å²) >= 11 is 6.60. The predicted octanol–water partition coefficient (Wildman–Crippen LogP) is 5.99. The van der Waals surface area contributed by atoms with Crippen LogP contribution in [0.15, 0.2) is 54.7 Å². The third-order valence-corrected chi connectivity index (χ3v) is 11.5. The van der Waals surface area contributed by atoms with Gasteiger partial charge in [-0.25, -0.2) is 17.7 Å². The van der Waals surface area contributed by atoms with Crippen LogP contribution in [-0.2, 0) is 4.79 Å². The van der Waals surface area contributed by atoms with E-state index in [9.17, 15) is 9.18 Å². The first-order chi connectivity index (χ1) is 24.6. The zero-order chi connectivity index (χ0) is 35.4. The van der Waals surface area contributed by atoms with E-state index in [-0.39, 0.29) is 54.7 Å². The average molecular weight is 719 g/mol. The summed E-state index contributed by atoms with van der Waals surface area (Å²) < 4.78 is 54.6. The molecular weight excluding hydrogens is 679 g/mol. The molecule has 1 unspecified atom stereocenters. The Morgan fingerprint density at radius 3 is 2.75 bits per heavy atom. The lowest BCUT2D eigenvalue weighted by Gasteiger charge is -2.35. The molecule has 8 rings (SSSR count). The zero-order valence-corrected chi connectivity index (χ0v) is 29.4. The Morgan fingerprint density at radius 2 is 1.96 bits per heavy atom. The van der Waals surface area contributed by atoms with Crippen LogP contribution in [0.4, 0.5) is 19.0 Å². The summed E-state index contributed by atoms with van der Waals surface area (Å²) in [7, 11) is 3.70. The molecule has 0 aliphatic carbocycles. The highest BCUT2D eigenvalue weighted by Gasteiger charge is 2.49. The van der Waals surface area contributed by atoms with Gasteiger partial charge in [-0.15, -0.1) is 0 Å². The van der Waals surface area contributed by atoms with Gasteiger partial charge in [0.15, 0.2) is 5.82 Å². The van der Waals surface area contributed by atoms with Crippen LogP contribution in [0.5, 0.6) is 6.01 Å². The van der Waals surface area contributed by atoms with E-state index in [2.05, 4.69) is 19.8 Å². The SMILES string of the molecule is CN1CC[C@H]1/C=C/C(=O)N1CC(C=[N+](C)c2nc(OC[C@@]34CCCN3C[C@H](F)C4)nc3c(F)c(-c4cccc5cccc(Cl)c45)ncc23)[C@H](F)C1. The number of ether oxygens (including phenoxy) is 1. The molecule has 5 atom stereocenters. The molecular formula is C38H40ClF3N7O2+.